The molecule has 0 aromatic carbocycles. The minimum absolute atomic E-state index is 0.0927. The van der Waals surface area contributed by atoms with E-state index < -0.39 is 6.10 Å². The second kappa shape index (κ2) is 5.25. The van der Waals surface area contributed by atoms with Gasteiger partial charge in [0.05, 0.1) is 19.0 Å². The summed E-state index contributed by atoms with van der Waals surface area (Å²) >= 11 is 0. The van der Waals surface area contributed by atoms with E-state index in [2.05, 4.69) is 4.98 Å². The lowest BCUT2D eigenvalue weighted by atomic mass is 9.85. The molecule has 1 aromatic rings. The van der Waals surface area contributed by atoms with Crippen molar-refractivity contribution in [1.29, 1.82) is 0 Å². The molecule has 0 bridgehead atoms. The number of aliphatic hydroxyl groups is 1. The molecule has 1 fully saturated rings. The van der Waals surface area contributed by atoms with E-state index >= 15 is 0 Å². The van der Waals surface area contributed by atoms with Crippen LogP contribution in [0.2, 0.25) is 0 Å². The molecule has 1 aromatic heterocycles. The molecule has 88 valence electrons. The lowest BCUT2D eigenvalue weighted by Gasteiger charge is -2.26. The van der Waals surface area contributed by atoms with E-state index in [0.29, 0.717) is 12.5 Å². The molecule has 1 aliphatic rings. The zero-order valence-electron chi connectivity index (χ0n) is 9.38. The molecule has 4 heteroatoms. The molecule has 0 radical (unpaired) electrons. The summed E-state index contributed by atoms with van der Waals surface area (Å²) in [4.78, 5) is 15.3. The van der Waals surface area contributed by atoms with Crippen molar-refractivity contribution < 1.29 is 5.11 Å². The van der Waals surface area contributed by atoms with E-state index in [-0.39, 0.29) is 5.56 Å². The van der Waals surface area contributed by atoms with Crippen LogP contribution in [-0.2, 0) is 6.54 Å². The standard InChI is InChI=1S/C12H18N2O2/c15-11(10-4-2-1-3-5-10)8-14-9-13-7-6-12(14)16/h6-7,9-11,15H,1-5,8H2. The second-order valence-electron chi connectivity index (χ2n) is 4.54. The van der Waals surface area contributed by atoms with Gasteiger partial charge in [-0.1, -0.05) is 19.3 Å². The molecule has 0 amide bonds. The molecule has 1 atom stereocenters. The number of rotatable bonds is 3. The Morgan fingerprint density at radius 2 is 2.19 bits per heavy atom. The lowest BCUT2D eigenvalue weighted by molar-refractivity contribution is 0.0684. The van der Waals surface area contributed by atoms with E-state index in [1.165, 1.54) is 42.4 Å². The Morgan fingerprint density at radius 3 is 2.88 bits per heavy atom. The molecule has 0 spiro atoms. The Labute approximate surface area is 95.0 Å². The van der Waals surface area contributed by atoms with Gasteiger partial charge >= 0.3 is 0 Å². The third-order valence-corrected chi connectivity index (χ3v) is 3.37. The summed E-state index contributed by atoms with van der Waals surface area (Å²) in [5.74, 6) is 0.348. The first-order valence-electron chi connectivity index (χ1n) is 5.96. The fourth-order valence-electron chi connectivity index (χ4n) is 2.39. The van der Waals surface area contributed by atoms with Gasteiger partial charge in [0.15, 0.2) is 0 Å². The van der Waals surface area contributed by atoms with Crippen molar-refractivity contribution in [1.82, 2.24) is 9.55 Å². The molecule has 1 N–H and O–H groups in total. The Balaban J connectivity index is 1.98. The highest BCUT2D eigenvalue weighted by molar-refractivity contribution is 4.84. The highest BCUT2D eigenvalue weighted by Gasteiger charge is 2.21. The largest absolute Gasteiger partial charge is 0.391 e. The SMILES string of the molecule is O=c1ccncn1CC(O)C1CCCCC1. The maximum atomic E-state index is 11.4. The van der Waals surface area contributed by atoms with Crippen LogP contribution in [0.3, 0.4) is 0 Å². The summed E-state index contributed by atoms with van der Waals surface area (Å²) < 4.78 is 1.49. The number of hydrogen-bond donors (Lipinski definition) is 1. The van der Waals surface area contributed by atoms with Gasteiger partial charge in [-0.3, -0.25) is 9.36 Å². The van der Waals surface area contributed by atoms with Crippen molar-refractivity contribution in [3.05, 3.63) is 28.9 Å². The van der Waals surface area contributed by atoms with Crippen molar-refractivity contribution in [3.8, 4) is 0 Å². The van der Waals surface area contributed by atoms with Crippen LogP contribution in [0.4, 0.5) is 0 Å². The third kappa shape index (κ3) is 2.70. The molecule has 1 saturated carbocycles. The van der Waals surface area contributed by atoms with Gasteiger partial charge < -0.3 is 5.11 Å². The van der Waals surface area contributed by atoms with Crippen LogP contribution in [0.25, 0.3) is 0 Å². The minimum Gasteiger partial charge on any atom is -0.391 e. The Morgan fingerprint density at radius 1 is 1.44 bits per heavy atom. The average molecular weight is 222 g/mol. The smallest absolute Gasteiger partial charge is 0.253 e. The highest BCUT2D eigenvalue weighted by atomic mass is 16.3. The molecule has 0 aliphatic heterocycles. The van der Waals surface area contributed by atoms with Crippen molar-refractivity contribution in [3.63, 3.8) is 0 Å². The monoisotopic (exact) mass is 222 g/mol. The molecular formula is C12H18N2O2. The van der Waals surface area contributed by atoms with Crippen LogP contribution >= 0.6 is 0 Å². The highest BCUT2D eigenvalue weighted by Crippen LogP contribution is 2.26. The molecule has 16 heavy (non-hydrogen) atoms. The summed E-state index contributed by atoms with van der Waals surface area (Å²) in [6, 6.07) is 1.42. The van der Waals surface area contributed by atoms with Gasteiger partial charge in [-0.2, -0.15) is 0 Å². The first kappa shape index (κ1) is 11.3. The summed E-state index contributed by atoms with van der Waals surface area (Å²) in [5.41, 5.74) is -0.0927. The number of hydrogen-bond acceptors (Lipinski definition) is 3. The number of nitrogens with zero attached hydrogens (tertiary/aromatic N) is 2. The summed E-state index contributed by atoms with van der Waals surface area (Å²) in [6.45, 7) is 0.372. The Kier molecular flexibility index (Phi) is 3.72. The van der Waals surface area contributed by atoms with Crippen LogP contribution < -0.4 is 5.56 Å². The summed E-state index contributed by atoms with van der Waals surface area (Å²) in [5, 5.41) is 10.1. The van der Waals surface area contributed by atoms with Gasteiger partial charge in [0.25, 0.3) is 5.56 Å². The van der Waals surface area contributed by atoms with Gasteiger partial charge in [0.2, 0.25) is 0 Å². The van der Waals surface area contributed by atoms with E-state index in [0.717, 1.165) is 12.8 Å². The van der Waals surface area contributed by atoms with Gasteiger partial charge in [-0.15, -0.1) is 0 Å². The van der Waals surface area contributed by atoms with Crippen LogP contribution in [0.1, 0.15) is 32.1 Å². The molecular weight excluding hydrogens is 204 g/mol. The van der Waals surface area contributed by atoms with E-state index in [9.17, 15) is 9.90 Å². The first-order chi connectivity index (χ1) is 7.77. The van der Waals surface area contributed by atoms with Crippen LogP contribution in [0.5, 0.6) is 0 Å². The molecule has 1 aliphatic carbocycles. The van der Waals surface area contributed by atoms with Gasteiger partial charge in [-0.25, -0.2) is 4.98 Å². The Bertz CT molecular complexity index is 383. The van der Waals surface area contributed by atoms with E-state index in [1.54, 1.807) is 0 Å². The maximum absolute atomic E-state index is 11.4. The van der Waals surface area contributed by atoms with Crippen LogP contribution in [-0.4, -0.2) is 20.8 Å². The first-order valence-corrected chi connectivity index (χ1v) is 5.96. The van der Waals surface area contributed by atoms with Gasteiger partial charge in [0, 0.05) is 12.3 Å². The molecule has 4 nitrogen and oxygen atoms in total. The van der Waals surface area contributed by atoms with Crippen molar-refractivity contribution in [2.45, 2.75) is 44.8 Å². The van der Waals surface area contributed by atoms with E-state index in [1.807, 2.05) is 0 Å². The minimum atomic E-state index is -0.415. The van der Waals surface area contributed by atoms with Crippen molar-refractivity contribution >= 4 is 0 Å². The lowest BCUT2D eigenvalue weighted by Crippen LogP contribution is -2.32. The fourth-order valence-corrected chi connectivity index (χ4v) is 2.39. The van der Waals surface area contributed by atoms with Crippen molar-refractivity contribution in [2.24, 2.45) is 5.92 Å². The normalized spacial score (nSPS) is 19.6. The van der Waals surface area contributed by atoms with Crippen LogP contribution in [0.15, 0.2) is 23.4 Å². The second-order valence-corrected chi connectivity index (χ2v) is 4.54. The van der Waals surface area contributed by atoms with E-state index in [4.69, 9.17) is 0 Å². The van der Waals surface area contributed by atoms with Gasteiger partial charge in [0.1, 0.15) is 0 Å². The summed E-state index contributed by atoms with van der Waals surface area (Å²) in [7, 11) is 0. The molecule has 2 rings (SSSR count). The van der Waals surface area contributed by atoms with Gasteiger partial charge in [-0.05, 0) is 18.8 Å². The van der Waals surface area contributed by atoms with Crippen LogP contribution in [0, 0.1) is 5.92 Å². The molecule has 1 heterocycles. The molecule has 0 saturated heterocycles. The fraction of sp³-hybridized carbons (Fsp3) is 0.667. The number of aliphatic hydroxyl groups excluding tert-OH is 1. The predicted octanol–water partition coefficient (Wildman–Crippen LogP) is 1.18. The molecule has 1 unspecified atom stereocenters. The third-order valence-electron chi connectivity index (χ3n) is 3.37. The predicted molar refractivity (Wildman–Crippen MR) is 61.1 cm³/mol. The zero-order valence-corrected chi connectivity index (χ0v) is 9.38. The quantitative estimate of drug-likeness (QED) is 0.835. The average Bonchev–Trinajstić information content (AvgIpc) is 2.33. The maximum Gasteiger partial charge on any atom is 0.253 e. The topological polar surface area (TPSA) is 55.1 Å². The Hall–Kier alpha value is -1.16. The van der Waals surface area contributed by atoms with Crippen molar-refractivity contribution in [2.75, 3.05) is 0 Å². The zero-order chi connectivity index (χ0) is 11.4. The summed E-state index contributed by atoms with van der Waals surface area (Å²) in [6.07, 6.45) is 8.39. The number of aromatic nitrogens is 2.